The van der Waals surface area contributed by atoms with Gasteiger partial charge in [-0.05, 0) is 36.2 Å². The lowest BCUT2D eigenvalue weighted by Crippen LogP contribution is -2.30. The third kappa shape index (κ3) is 2.95. The molecule has 1 unspecified atom stereocenters. The fourth-order valence-electron chi connectivity index (χ4n) is 2.33. The SMILES string of the molecule is CCc1nn(C)c(CC(NN)c2sc(C)nc2C)c1Br. The molecule has 0 radical (unpaired) electrons. The predicted octanol–water partition coefficient (Wildman–Crippen LogP) is 2.57. The highest BCUT2D eigenvalue weighted by atomic mass is 79.9. The first-order valence-corrected chi connectivity index (χ1v) is 8.19. The molecule has 0 fully saturated rings. The van der Waals surface area contributed by atoms with Crippen LogP contribution in [0.1, 0.15) is 39.9 Å². The van der Waals surface area contributed by atoms with Gasteiger partial charge in [-0.1, -0.05) is 6.92 Å². The van der Waals surface area contributed by atoms with Crippen LogP contribution in [0.4, 0.5) is 0 Å². The molecule has 3 N–H and O–H groups in total. The van der Waals surface area contributed by atoms with Gasteiger partial charge in [0.2, 0.25) is 0 Å². The van der Waals surface area contributed by atoms with Crippen LogP contribution in [0.2, 0.25) is 0 Å². The van der Waals surface area contributed by atoms with Crippen molar-refractivity contribution in [1.82, 2.24) is 20.2 Å². The minimum absolute atomic E-state index is 0.0533. The van der Waals surface area contributed by atoms with Crippen LogP contribution in [0.5, 0.6) is 0 Å². The van der Waals surface area contributed by atoms with Gasteiger partial charge < -0.3 is 0 Å². The Balaban J connectivity index is 2.31. The minimum Gasteiger partial charge on any atom is -0.271 e. The van der Waals surface area contributed by atoms with Crippen molar-refractivity contribution in [2.75, 3.05) is 0 Å². The van der Waals surface area contributed by atoms with E-state index in [0.717, 1.165) is 39.4 Å². The number of hydrazine groups is 1. The van der Waals surface area contributed by atoms with Crippen LogP contribution in [-0.4, -0.2) is 14.8 Å². The second-order valence-corrected chi connectivity index (χ2v) is 6.82. The number of halogens is 1. The summed E-state index contributed by atoms with van der Waals surface area (Å²) >= 11 is 5.34. The van der Waals surface area contributed by atoms with E-state index in [-0.39, 0.29) is 6.04 Å². The summed E-state index contributed by atoms with van der Waals surface area (Å²) in [5.74, 6) is 5.75. The molecule has 0 saturated heterocycles. The monoisotopic (exact) mass is 357 g/mol. The number of nitrogens with zero attached hydrogens (tertiary/aromatic N) is 3. The maximum atomic E-state index is 5.75. The topological polar surface area (TPSA) is 68.8 Å². The van der Waals surface area contributed by atoms with Crippen LogP contribution < -0.4 is 11.3 Å². The molecule has 5 nitrogen and oxygen atoms in total. The number of aryl methyl sites for hydroxylation is 4. The lowest BCUT2D eigenvalue weighted by molar-refractivity contribution is 0.533. The summed E-state index contributed by atoms with van der Waals surface area (Å²) in [6.07, 6.45) is 1.69. The summed E-state index contributed by atoms with van der Waals surface area (Å²) in [6.45, 7) is 6.15. The molecule has 2 aromatic heterocycles. The van der Waals surface area contributed by atoms with Crippen LogP contribution in [0.15, 0.2) is 4.47 Å². The van der Waals surface area contributed by atoms with Gasteiger partial charge in [0, 0.05) is 18.3 Å². The van der Waals surface area contributed by atoms with E-state index >= 15 is 0 Å². The second-order valence-electron chi connectivity index (χ2n) is 4.79. The molecule has 1 atom stereocenters. The van der Waals surface area contributed by atoms with E-state index < -0.39 is 0 Å². The summed E-state index contributed by atoms with van der Waals surface area (Å²) in [5.41, 5.74) is 6.18. The van der Waals surface area contributed by atoms with Crippen LogP contribution in [-0.2, 0) is 19.9 Å². The Morgan fingerprint density at radius 3 is 2.60 bits per heavy atom. The summed E-state index contributed by atoms with van der Waals surface area (Å²) in [4.78, 5) is 5.67. The predicted molar refractivity (Wildman–Crippen MR) is 85.6 cm³/mol. The van der Waals surface area contributed by atoms with Crippen molar-refractivity contribution in [3.63, 3.8) is 0 Å². The number of hydrogen-bond donors (Lipinski definition) is 2. The molecule has 7 heteroatoms. The Bertz CT molecular complexity index is 604. The van der Waals surface area contributed by atoms with E-state index in [1.54, 1.807) is 11.3 Å². The Kier molecular flexibility index (Phi) is 4.95. The lowest BCUT2D eigenvalue weighted by atomic mass is 10.1. The van der Waals surface area contributed by atoms with Gasteiger partial charge in [-0.3, -0.25) is 16.0 Å². The van der Waals surface area contributed by atoms with Crippen molar-refractivity contribution in [2.24, 2.45) is 12.9 Å². The molecule has 110 valence electrons. The van der Waals surface area contributed by atoms with Crippen molar-refractivity contribution in [2.45, 2.75) is 39.7 Å². The quantitative estimate of drug-likeness (QED) is 0.637. The highest BCUT2D eigenvalue weighted by Gasteiger charge is 2.21. The zero-order valence-corrected chi connectivity index (χ0v) is 14.6. The van der Waals surface area contributed by atoms with Gasteiger partial charge in [-0.15, -0.1) is 11.3 Å². The standard InChI is InChI=1S/C13H20BrN5S/c1-5-9-12(14)11(19(4)18-9)6-10(17-15)13-7(2)16-8(3)20-13/h10,17H,5-6,15H2,1-4H3. The van der Waals surface area contributed by atoms with E-state index in [1.807, 2.05) is 25.6 Å². The van der Waals surface area contributed by atoms with Crippen molar-refractivity contribution >= 4 is 27.3 Å². The van der Waals surface area contributed by atoms with E-state index in [1.165, 1.54) is 4.88 Å². The number of nitrogens with one attached hydrogen (secondary N) is 1. The number of nitrogens with two attached hydrogens (primary N) is 1. The first kappa shape index (κ1) is 15.6. The molecule has 20 heavy (non-hydrogen) atoms. The number of thiazole rings is 1. The van der Waals surface area contributed by atoms with E-state index in [2.05, 4.69) is 38.4 Å². The molecule has 0 amide bonds. The van der Waals surface area contributed by atoms with Crippen LogP contribution in [0.25, 0.3) is 0 Å². The molecule has 2 rings (SSSR count). The second kappa shape index (κ2) is 6.34. The summed E-state index contributed by atoms with van der Waals surface area (Å²) in [7, 11) is 1.97. The molecule has 0 aromatic carbocycles. The van der Waals surface area contributed by atoms with Crippen LogP contribution in [0.3, 0.4) is 0 Å². The van der Waals surface area contributed by atoms with E-state index in [4.69, 9.17) is 5.84 Å². The Morgan fingerprint density at radius 1 is 1.45 bits per heavy atom. The van der Waals surface area contributed by atoms with Crippen molar-refractivity contribution < 1.29 is 0 Å². The largest absolute Gasteiger partial charge is 0.271 e. The average molecular weight is 358 g/mol. The molecule has 0 bridgehead atoms. The zero-order chi connectivity index (χ0) is 14.9. The molecule has 0 saturated carbocycles. The Labute approximate surface area is 131 Å². The maximum absolute atomic E-state index is 5.75. The number of aromatic nitrogens is 3. The normalized spacial score (nSPS) is 12.9. The van der Waals surface area contributed by atoms with E-state index in [9.17, 15) is 0 Å². The number of rotatable bonds is 5. The third-order valence-electron chi connectivity index (χ3n) is 3.36. The minimum atomic E-state index is 0.0533. The fourth-order valence-corrected chi connectivity index (χ4v) is 4.10. The molecule has 2 aromatic rings. The first-order valence-electron chi connectivity index (χ1n) is 6.58. The molecule has 0 aliphatic rings. The smallest absolute Gasteiger partial charge is 0.0900 e. The van der Waals surface area contributed by atoms with Gasteiger partial charge in [0.1, 0.15) is 0 Å². The average Bonchev–Trinajstić information content (AvgIpc) is 2.87. The fraction of sp³-hybridized carbons (Fsp3) is 0.538. The van der Waals surface area contributed by atoms with Crippen LogP contribution in [0, 0.1) is 13.8 Å². The molecular formula is C13H20BrN5S. The van der Waals surface area contributed by atoms with Gasteiger partial charge in [0.05, 0.1) is 32.6 Å². The highest BCUT2D eigenvalue weighted by molar-refractivity contribution is 9.10. The summed E-state index contributed by atoms with van der Waals surface area (Å²) < 4.78 is 3.01. The zero-order valence-electron chi connectivity index (χ0n) is 12.2. The molecule has 0 aliphatic carbocycles. The van der Waals surface area contributed by atoms with E-state index in [0.29, 0.717) is 0 Å². The van der Waals surface area contributed by atoms with Gasteiger partial charge >= 0.3 is 0 Å². The molecule has 0 aliphatic heterocycles. The van der Waals surface area contributed by atoms with Gasteiger partial charge in [-0.25, -0.2) is 4.98 Å². The first-order chi connectivity index (χ1) is 9.47. The van der Waals surface area contributed by atoms with Crippen LogP contribution >= 0.6 is 27.3 Å². The number of hydrogen-bond acceptors (Lipinski definition) is 5. The summed E-state index contributed by atoms with van der Waals surface area (Å²) in [5, 5.41) is 5.59. The maximum Gasteiger partial charge on any atom is 0.0900 e. The Morgan fingerprint density at radius 2 is 2.15 bits per heavy atom. The lowest BCUT2D eigenvalue weighted by Gasteiger charge is -2.15. The third-order valence-corrected chi connectivity index (χ3v) is 5.46. The highest BCUT2D eigenvalue weighted by Crippen LogP contribution is 2.30. The Hall–Kier alpha value is -0.760. The van der Waals surface area contributed by atoms with Crippen molar-refractivity contribution in [3.05, 3.63) is 31.4 Å². The van der Waals surface area contributed by atoms with Gasteiger partial charge in [0.15, 0.2) is 0 Å². The van der Waals surface area contributed by atoms with Crippen molar-refractivity contribution in [1.29, 1.82) is 0 Å². The summed E-state index contributed by atoms with van der Waals surface area (Å²) in [6, 6.07) is 0.0533. The molecule has 0 spiro atoms. The molecule has 2 heterocycles. The van der Waals surface area contributed by atoms with Gasteiger partial charge in [-0.2, -0.15) is 5.10 Å². The van der Waals surface area contributed by atoms with Gasteiger partial charge in [0.25, 0.3) is 0 Å². The molecular weight excluding hydrogens is 338 g/mol. The van der Waals surface area contributed by atoms with Crippen molar-refractivity contribution in [3.8, 4) is 0 Å².